The molecule has 1 fully saturated rings. The maximum atomic E-state index is 11.7. The zero-order valence-electron chi connectivity index (χ0n) is 9.69. The highest BCUT2D eigenvalue weighted by molar-refractivity contribution is 5.81. The van der Waals surface area contributed by atoms with Gasteiger partial charge in [0.05, 0.1) is 6.10 Å². The van der Waals surface area contributed by atoms with Gasteiger partial charge in [-0.3, -0.25) is 4.79 Å². The third-order valence-corrected chi connectivity index (χ3v) is 3.04. The molecule has 4 atom stereocenters. The summed E-state index contributed by atoms with van der Waals surface area (Å²) in [7, 11) is 0. The normalized spacial score (nSPS) is 29.9. The van der Waals surface area contributed by atoms with E-state index in [1.165, 1.54) is 0 Å². The molecule has 0 aromatic rings. The summed E-state index contributed by atoms with van der Waals surface area (Å²) in [6, 6.07) is -0.0120. The third kappa shape index (κ3) is 3.47. The van der Waals surface area contributed by atoms with Crippen molar-refractivity contribution in [3.8, 4) is 0 Å². The van der Waals surface area contributed by atoms with Gasteiger partial charge in [-0.05, 0) is 32.6 Å². The largest absolute Gasteiger partial charge is 0.396 e. The number of aliphatic hydroxyl groups is 1. The highest BCUT2D eigenvalue weighted by Crippen LogP contribution is 2.19. The van der Waals surface area contributed by atoms with Gasteiger partial charge in [-0.2, -0.15) is 0 Å². The van der Waals surface area contributed by atoms with Crippen LogP contribution in [0.3, 0.4) is 0 Å². The van der Waals surface area contributed by atoms with Crippen LogP contribution in [0.2, 0.25) is 0 Å². The molecule has 0 saturated carbocycles. The summed E-state index contributed by atoms with van der Waals surface area (Å²) in [5, 5.41) is 11.8. The molecule has 1 amide bonds. The van der Waals surface area contributed by atoms with E-state index in [9.17, 15) is 4.79 Å². The molecule has 1 heterocycles. The molecule has 0 aromatic heterocycles. The quantitative estimate of drug-likeness (QED) is 0.725. The molecule has 0 radical (unpaired) electrons. The van der Waals surface area contributed by atoms with Crippen molar-refractivity contribution in [3.63, 3.8) is 0 Å². The molecule has 1 rings (SSSR count). The summed E-state index contributed by atoms with van der Waals surface area (Å²) in [6.07, 6.45) is 1.63. The SMILES string of the molecule is CC1CCC(C(=O)NC(C)C(C)CO)O1. The maximum absolute atomic E-state index is 11.7. The number of amides is 1. The van der Waals surface area contributed by atoms with Crippen LogP contribution in [0.4, 0.5) is 0 Å². The Hall–Kier alpha value is -0.610. The molecule has 0 spiro atoms. The fourth-order valence-electron chi connectivity index (χ4n) is 1.61. The molecule has 0 aromatic carbocycles. The summed E-state index contributed by atoms with van der Waals surface area (Å²) in [6.45, 7) is 5.87. The minimum atomic E-state index is -0.298. The Bertz CT molecular complexity index is 220. The lowest BCUT2D eigenvalue weighted by Crippen LogP contribution is -2.43. The summed E-state index contributed by atoms with van der Waals surface area (Å²) >= 11 is 0. The van der Waals surface area contributed by atoms with Gasteiger partial charge in [0, 0.05) is 12.6 Å². The molecule has 0 aliphatic carbocycles. The van der Waals surface area contributed by atoms with E-state index in [-0.39, 0.29) is 36.7 Å². The van der Waals surface area contributed by atoms with Crippen LogP contribution < -0.4 is 5.32 Å². The summed E-state index contributed by atoms with van der Waals surface area (Å²) in [5.41, 5.74) is 0. The molecule has 1 saturated heterocycles. The Kier molecular flexibility index (Phi) is 4.54. The fraction of sp³-hybridized carbons (Fsp3) is 0.909. The second-order valence-electron chi connectivity index (χ2n) is 4.47. The first-order chi connectivity index (χ1) is 7.04. The molecule has 88 valence electrons. The molecule has 4 nitrogen and oxygen atoms in total. The van der Waals surface area contributed by atoms with Gasteiger partial charge in [-0.15, -0.1) is 0 Å². The van der Waals surface area contributed by atoms with Gasteiger partial charge in [0.2, 0.25) is 5.91 Å². The minimum Gasteiger partial charge on any atom is -0.396 e. The number of nitrogens with one attached hydrogen (secondary N) is 1. The number of carbonyl (C=O) groups is 1. The molecule has 1 aliphatic heterocycles. The van der Waals surface area contributed by atoms with Crippen LogP contribution in [0.15, 0.2) is 0 Å². The number of hydrogen-bond acceptors (Lipinski definition) is 3. The topological polar surface area (TPSA) is 58.6 Å². The standard InChI is InChI=1S/C11H21NO3/c1-7(6-13)9(3)12-11(14)10-5-4-8(2)15-10/h7-10,13H,4-6H2,1-3H3,(H,12,14). The number of rotatable bonds is 4. The fourth-order valence-corrected chi connectivity index (χ4v) is 1.61. The lowest BCUT2D eigenvalue weighted by molar-refractivity contribution is -0.132. The third-order valence-electron chi connectivity index (χ3n) is 3.04. The second-order valence-corrected chi connectivity index (χ2v) is 4.47. The predicted octanol–water partition coefficient (Wildman–Crippen LogP) is 0.687. The first-order valence-electron chi connectivity index (χ1n) is 5.61. The van der Waals surface area contributed by atoms with Crippen LogP contribution >= 0.6 is 0 Å². The van der Waals surface area contributed by atoms with Crippen molar-refractivity contribution in [1.82, 2.24) is 5.32 Å². The Morgan fingerprint density at radius 1 is 1.53 bits per heavy atom. The van der Waals surface area contributed by atoms with Gasteiger partial charge < -0.3 is 15.2 Å². The van der Waals surface area contributed by atoms with Crippen LogP contribution in [0, 0.1) is 5.92 Å². The average molecular weight is 215 g/mol. The zero-order chi connectivity index (χ0) is 11.4. The molecule has 0 bridgehead atoms. The van der Waals surface area contributed by atoms with Gasteiger partial charge in [0.25, 0.3) is 0 Å². The van der Waals surface area contributed by atoms with E-state index >= 15 is 0 Å². The number of carbonyl (C=O) groups excluding carboxylic acids is 1. The van der Waals surface area contributed by atoms with Gasteiger partial charge in [0.15, 0.2) is 0 Å². The van der Waals surface area contributed by atoms with Crippen LogP contribution in [-0.2, 0) is 9.53 Å². The van der Waals surface area contributed by atoms with Crippen LogP contribution in [-0.4, -0.2) is 35.9 Å². The van der Waals surface area contributed by atoms with Crippen LogP contribution in [0.25, 0.3) is 0 Å². The van der Waals surface area contributed by atoms with Crippen LogP contribution in [0.5, 0.6) is 0 Å². The molecular formula is C11H21NO3. The molecule has 4 heteroatoms. The maximum Gasteiger partial charge on any atom is 0.249 e. The van der Waals surface area contributed by atoms with E-state index < -0.39 is 0 Å². The first-order valence-corrected chi connectivity index (χ1v) is 5.61. The van der Waals surface area contributed by atoms with E-state index in [0.717, 1.165) is 12.8 Å². The highest BCUT2D eigenvalue weighted by atomic mass is 16.5. The molecule has 1 aliphatic rings. The first kappa shape index (κ1) is 12.5. The lowest BCUT2D eigenvalue weighted by Gasteiger charge is -2.21. The van der Waals surface area contributed by atoms with Crippen molar-refractivity contribution in [1.29, 1.82) is 0 Å². The lowest BCUT2D eigenvalue weighted by atomic mass is 10.0. The number of aliphatic hydroxyl groups excluding tert-OH is 1. The van der Waals surface area contributed by atoms with Crippen molar-refractivity contribution >= 4 is 5.91 Å². The molecule has 4 unspecified atom stereocenters. The summed E-state index contributed by atoms with van der Waals surface area (Å²) in [5.74, 6) is 0.0277. The monoisotopic (exact) mass is 215 g/mol. The molecular weight excluding hydrogens is 194 g/mol. The highest BCUT2D eigenvalue weighted by Gasteiger charge is 2.29. The average Bonchev–Trinajstić information content (AvgIpc) is 2.63. The van der Waals surface area contributed by atoms with Gasteiger partial charge in [-0.1, -0.05) is 6.92 Å². The number of ether oxygens (including phenoxy) is 1. The van der Waals surface area contributed by atoms with Gasteiger partial charge >= 0.3 is 0 Å². The van der Waals surface area contributed by atoms with Crippen molar-refractivity contribution in [2.75, 3.05) is 6.61 Å². The molecule has 15 heavy (non-hydrogen) atoms. The number of hydrogen-bond donors (Lipinski definition) is 2. The summed E-state index contributed by atoms with van der Waals surface area (Å²) < 4.78 is 5.46. The van der Waals surface area contributed by atoms with E-state index in [0.29, 0.717) is 0 Å². The van der Waals surface area contributed by atoms with Crippen molar-refractivity contribution in [2.45, 2.75) is 51.9 Å². The molecule has 2 N–H and O–H groups in total. The van der Waals surface area contributed by atoms with Crippen molar-refractivity contribution < 1.29 is 14.6 Å². The Balaban J connectivity index is 2.35. The van der Waals surface area contributed by atoms with Crippen molar-refractivity contribution in [2.24, 2.45) is 5.92 Å². The Morgan fingerprint density at radius 2 is 2.20 bits per heavy atom. The minimum absolute atomic E-state index is 0.0120. The van der Waals surface area contributed by atoms with E-state index in [1.807, 2.05) is 20.8 Å². The smallest absolute Gasteiger partial charge is 0.249 e. The van der Waals surface area contributed by atoms with E-state index in [1.54, 1.807) is 0 Å². The Labute approximate surface area is 91.0 Å². The Morgan fingerprint density at radius 3 is 2.67 bits per heavy atom. The van der Waals surface area contributed by atoms with E-state index in [4.69, 9.17) is 9.84 Å². The zero-order valence-corrected chi connectivity index (χ0v) is 9.69. The van der Waals surface area contributed by atoms with Crippen LogP contribution in [0.1, 0.15) is 33.6 Å². The van der Waals surface area contributed by atoms with Gasteiger partial charge in [-0.25, -0.2) is 0 Å². The summed E-state index contributed by atoms with van der Waals surface area (Å²) in [4.78, 5) is 11.7. The predicted molar refractivity (Wildman–Crippen MR) is 57.4 cm³/mol. The second kappa shape index (κ2) is 5.47. The van der Waals surface area contributed by atoms with Gasteiger partial charge in [0.1, 0.15) is 6.10 Å². The van der Waals surface area contributed by atoms with E-state index in [2.05, 4.69) is 5.32 Å². The van der Waals surface area contributed by atoms with Crippen molar-refractivity contribution in [3.05, 3.63) is 0 Å².